The lowest BCUT2D eigenvalue weighted by atomic mass is 10.3. The van der Waals surface area contributed by atoms with Crippen molar-refractivity contribution in [1.82, 2.24) is 10.6 Å². The van der Waals surface area contributed by atoms with Crippen molar-refractivity contribution in [1.29, 1.82) is 0 Å². The highest BCUT2D eigenvalue weighted by Crippen LogP contribution is 2.10. The molecule has 1 rings (SSSR count). The molecule has 0 radical (unpaired) electrons. The fourth-order valence-electron chi connectivity index (χ4n) is 1.90. The summed E-state index contributed by atoms with van der Waals surface area (Å²) >= 11 is 0. The van der Waals surface area contributed by atoms with Gasteiger partial charge in [0, 0.05) is 38.4 Å². The van der Waals surface area contributed by atoms with E-state index < -0.39 is 0 Å². The number of para-hydroxylation sites is 1. The van der Waals surface area contributed by atoms with Gasteiger partial charge in [0.1, 0.15) is 0 Å². The highest BCUT2D eigenvalue weighted by Gasteiger charge is 2.01. The number of hydrogen-bond donors (Lipinski definition) is 2. The molecule has 0 amide bonds. The number of anilines is 1. The molecular weight excluding hydrogens is 375 g/mol. The number of halogens is 1. The van der Waals surface area contributed by atoms with Crippen LogP contribution < -0.4 is 15.5 Å². The number of nitrogens with zero attached hydrogens (tertiary/aromatic N) is 2. The van der Waals surface area contributed by atoms with Gasteiger partial charge in [-0.15, -0.1) is 24.0 Å². The highest BCUT2D eigenvalue weighted by atomic mass is 127. The molecule has 21 heavy (non-hydrogen) atoms. The van der Waals surface area contributed by atoms with Crippen LogP contribution in [-0.4, -0.2) is 38.7 Å². The maximum absolute atomic E-state index is 4.59. The van der Waals surface area contributed by atoms with Gasteiger partial charge in [-0.3, -0.25) is 4.99 Å². The first-order valence-electron chi connectivity index (χ1n) is 7.44. The fraction of sp³-hybridized carbons (Fsp3) is 0.562. The maximum Gasteiger partial charge on any atom is 0.191 e. The predicted octanol–water partition coefficient (Wildman–Crippen LogP) is 3.09. The average molecular weight is 404 g/mol. The maximum atomic E-state index is 4.59. The van der Waals surface area contributed by atoms with Crippen LogP contribution in [0.3, 0.4) is 0 Å². The quantitative estimate of drug-likeness (QED) is 0.318. The number of nitrogens with one attached hydrogen (secondary N) is 2. The summed E-state index contributed by atoms with van der Waals surface area (Å²) in [6, 6.07) is 10.8. The van der Waals surface area contributed by atoms with Crippen molar-refractivity contribution in [3.8, 4) is 0 Å². The molecular formula is C16H29IN4. The number of hydrogen-bond acceptors (Lipinski definition) is 2. The molecule has 1 aromatic carbocycles. The molecule has 0 heterocycles. The average Bonchev–Trinajstić information content (AvgIpc) is 2.44. The Kier molecular flexibility index (Phi) is 11.1. The van der Waals surface area contributed by atoms with Crippen LogP contribution in [0.2, 0.25) is 0 Å². The smallest absolute Gasteiger partial charge is 0.191 e. The van der Waals surface area contributed by atoms with Gasteiger partial charge in [0.05, 0.1) is 0 Å². The van der Waals surface area contributed by atoms with E-state index in [1.165, 1.54) is 5.69 Å². The van der Waals surface area contributed by atoms with E-state index in [2.05, 4.69) is 72.6 Å². The van der Waals surface area contributed by atoms with Crippen molar-refractivity contribution >= 4 is 35.6 Å². The zero-order valence-electron chi connectivity index (χ0n) is 13.6. The van der Waals surface area contributed by atoms with Gasteiger partial charge >= 0.3 is 0 Å². The molecule has 0 unspecified atom stereocenters. The van der Waals surface area contributed by atoms with Gasteiger partial charge < -0.3 is 15.5 Å². The molecule has 0 fully saturated rings. The van der Waals surface area contributed by atoms with Gasteiger partial charge in [0.25, 0.3) is 0 Å². The third kappa shape index (κ3) is 8.80. The topological polar surface area (TPSA) is 39.7 Å². The fourth-order valence-corrected chi connectivity index (χ4v) is 1.90. The Hall–Kier alpha value is -0.980. The second-order valence-corrected chi connectivity index (χ2v) is 5.17. The minimum atomic E-state index is 0. The lowest BCUT2D eigenvalue weighted by molar-refractivity contribution is 0.695. The minimum Gasteiger partial charge on any atom is -0.375 e. The lowest BCUT2D eigenvalue weighted by Crippen LogP contribution is -2.41. The predicted molar refractivity (Wildman–Crippen MR) is 104 cm³/mol. The van der Waals surface area contributed by atoms with Crippen LogP contribution in [0.5, 0.6) is 0 Å². The molecule has 0 aromatic heterocycles. The van der Waals surface area contributed by atoms with Crippen LogP contribution in [0.1, 0.15) is 27.2 Å². The van der Waals surface area contributed by atoms with Crippen LogP contribution in [-0.2, 0) is 0 Å². The molecule has 0 aliphatic heterocycles. The molecule has 0 saturated heterocycles. The number of guanidine groups is 1. The molecule has 0 atom stereocenters. The van der Waals surface area contributed by atoms with E-state index in [0.717, 1.165) is 32.0 Å². The summed E-state index contributed by atoms with van der Waals surface area (Å²) in [5.41, 5.74) is 1.25. The minimum absolute atomic E-state index is 0. The van der Waals surface area contributed by atoms with Crippen molar-refractivity contribution in [3.63, 3.8) is 0 Å². The van der Waals surface area contributed by atoms with Crippen LogP contribution in [0.15, 0.2) is 35.3 Å². The van der Waals surface area contributed by atoms with Crippen molar-refractivity contribution < 1.29 is 0 Å². The first kappa shape index (κ1) is 20.0. The van der Waals surface area contributed by atoms with Gasteiger partial charge in [0.2, 0.25) is 0 Å². The highest BCUT2D eigenvalue weighted by molar-refractivity contribution is 14.0. The van der Waals surface area contributed by atoms with E-state index in [1.807, 2.05) is 6.07 Å². The Morgan fingerprint density at radius 1 is 1.24 bits per heavy atom. The number of rotatable bonds is 7. The summed E-state index contributed by atoms with van der Waals surface area (Å²) in [6.07, 6.45) is 1.04. The summed E-state index contributed by atoms with van der Waals surface area (Å²) in [6.45, 7) is 9.06. The molecule has 2 N–H and O–H groups in total. The normalized spacial score (nSPS) is 11.0. The van der Waals surface area contributed by atoms with Crippen molar-refractivity contribution in [2.75, 3.05) is 31.6 Å². The molecule has 5 heteroatoms. The lowest BCUT2D eigenvalue weighted by Gasteiger charge is -2.19. The molecule has 0 aliphatic carbocycles. The first-order chi connectivity index (χ1) is 9.63. The second-order valence-electron chi connectivity index (χ2n) is 5.17. The Labute approximate surface area is 146 Å². The summed E-state index contributed by atoms with van der Waals surface area (Å²) in [5.74, 6) is 0.907. The summed E-state index contributed by atoms with van der Waals surface area (Å²) in [7, 11) is 2.12. The third-order valence-corrected chi connectivity index (χ3v) is 2.89. The Morgan fingerprint density at radius 3 is 2.48 bits per heavy atom. The van der Waals surface area contributed by atoms with Crippen molar-refractivity contribution in [3.05, 3.63) is 30.3 Å². The standard InChI is InChI=1S/C16H28N4.HI/c1-5-17-16(19-14(2)3)18-12-9-13-20(4)15-10-7-6-8-11-15;/h6-8,10-11,14H,5,9,12-13H2,1-4H3,(H2,17,18,19);1H. The second kappa shape index (κ2) is 11.7. The molecule has 120 valence electrons. The van der Waals surface area contributed by atoms with Gasteiger partial charge in [-0.25, -0.2) is 0 Å². The van der Waals surface area contributed by atoms with Crippen molar-refractivity contribution in [2.24, 2.45) is 4.99 Å². The Bertz CT molecular complexity index is 393. The summed E-state index contributed by atoms with van der Waals surface area (Å²) in [4.78, 5) is 6.85. The molecule has 4 nitrogen and oxygen atoms in total. The van der Waals surface area contributed by atoms with Crippen molar-refractivity contribution in [2.45, 2.75) is 33.2 Å². The van der Waals surface area contributed by atoms with Crippen LogP contribution in [0.4, 0.5) is 5.69 Å². The zero-order valence-corrected chi connectivity index (χ0v) is 15.9. The Morgan fingerprint density at radius 2 is 1.90 bits per heavy atom. The van der Waals surface area contributed by atoms with Gasteiger partial charge in [0.15, 0.2) is 5.96 Å². The van der Waals surface area contributed by atoms with E-state index >= 15 is 0 Å². The summed E-state index contributed by atoms with van der Waals surface area (Å²) in [5, 5.41) is 6.58. The van der Waals surface area contributed by atoms with Crippen LogP contribution in [0, 0.1) is 0 Å². The van der Waals surface area contributed by atoms with E-state index in [1.54, 1.807) is 0 Å². The monoisotopic (exact) mass is 404 g/mol. The SMILES string of the molecule is CCNC(=NCCCN(C)c1ccccc1)NC(C)C.I. The summed E-state index contributed by atoms with van der Waals surface area (Å²) < 4.78 is 0. The van der Waals surface area contributed by atoms with E-state index in [9.17, 15) is 0 Å². The van der Waals surface area contributed by atoms with Gasteiger partial charge in [-0.05, 0) is 39.3 Å². The van der Waals surface area contributed by atoms with E-state index in [-0.39, 0.29) is 24.0 Å². The third-order valence-electron chi connectivity index (χ3n) is 2.89. The molecule has 0 spiro atoms. The van der Waals surface area contributed by atoms with Crippen LogP contribution in [0.25, 0.3) is 0 Å². The molecule has 0 aliphatic rings. The van der Waals surface area contributed by atoms with E-state index in [4.69, 9.17) is 0 Å². The largest absolute Gasteiger partial charge is 0.375 e. The number of aliphatic imine (C=N–C) groups is 1. The van der Waals surface area contributed by atoms with Gasteiger partial charge in [-0.1, -0.05) is 18.2 Å². The molecule has 0 saturated carbocycles. The van der Waals surface area contributed by atoms with Gasteiger partial charge in [-0.2, -0.15) is 0 Å². The molecule has 0 bridgehead atoms. The number of benzene rings is 1. The first-order valence-corrected chi connectivity index (χ1v) is 7.44. The van der Waals surface area contributed by atoms with E-state index in [0.29, 0.717) is 6.04 Å². The Balaban J connectivity index is 0.00000400. The molecule has 1 aromatic rings. The zero-order chi connectivity index (χ0) is 14.8. The van der Waals surface area contributed by atoms with Crippen LogP contribution >= 0.6 is 24.0 Å².